The van der Waals surface area contributed by atoms with Crippen molar-refractivity contribution in [3.05, 3.63) is 29.8 Å². The summed E-state index contributed by atoms with van der Waals surface area (Å²) in [5, 5.41) is 12.6. The number of esters is 1. The van der Waals surface area contributed by atoms with E-state index in [1.54, 1.807) is 45.0 Å². The topological polar surface area (TPSA) is 103 Å². The number of hydrogen-bond acceptors (Lipinski definition) is 8. The number of methoxy groups -OCH3 is 1. The van der Waals surface area contributed by atoms with Crippen molar-refractivity contribution in [1.82, 2.24) is 5.32 Å². The molecule has 0 heterocycles. The van der Waals surface area contributed by atoms with Crippen LogP contribution in [0.3, 0.4) is 0 Å². The fourth-order valence-electron chi connectivity index (χ4n) is 2.02. The number of aliphatic hydroxyl groups excluding tert-OH is 1. The Labute approximate surface area is 163 Å². The van der Waals surface area contributed by atoms with Crippen LogP contribution in [0.5, 0.6) is 5.75 Å². The number of alkyl carbamates (subject to hydrolysis) is 1. The summed E-state index contributed by atoms with van der Waals surface area (Å²) in [7, 11) is 2.85. The molecule has 0 aliphatic rings. The number of amides is 1. The first-order valence-electron chi connectivity index (χ1n) is 8.33. The van der Waals surface area contributed by atoms with Gasteiger partial charge in [0.05, 0.1) is 13.5 Å². The molecule has 0 bridgehead atoms. The summed E-state index contributed by atoms with van der Waals surface area (Å²) in [4.78, 5) is 23.7. The molecule has 27 heavy (non-hydrogen) atoms. The Morgan fingerprint density at radius 1 is 1.19 bits per heavy atom. The van der Waals surface area contributed by atoms with E-state index < -0.39 is 24.0 Å². The van der Waals surface area contributed by atoms with Gasteiger partial charge in [-0.3, -0.25) is 4.79 Å². The van der Waals surface area contributed by atoms with Crippen molar-refractivity contribution >= 4 is 24.1 Å². The van der Waals surface area contributed by atoms with Gasteiger partial charge in [0.15, 0.2) is 6.29 Å². The zero-order valence-electron chi connectivity index (χ0n) is 16.2. The molecule has 0 saturated carbocycles. The highest BCUT2D eigenvalue weighted by Crippen LogP contribution is 2.22. The Morgan fingerprint density at radius 3 is 2.33 bits per heavy atom. The summed E-state index contributed by atoms with van der Waals surface area (Å²) >= 11 is 1.17. The van der Waals surface area contributed by atoms with Gasteiger partial charge < -0.3 is 28.8 Å². The second-order valence-corrected chi connectivity index (χ2v) is 7.51. The van der Waals surface area contributed by atoms with Gasteiger partial charge in [-0.2, -0.15) is 0 Å². The molecule has 8 nitrogen and oxygen atoms in total. The molecule has 0 saturated heterocycles. The van der Waals surface area contributed by atoms with E-state index in [-0.39, 0.29) is 12.4 Å². The van der Waals surface area contributed by atoms with E-state index in [1.807, 2.05) is 0 Å². The molecule has 9 heteroatoms. The SMILES string of the molecule is COSCCC(=O)Oc1ccc(C(NC(=O)OC(C)(C)C)C(O)OC)cc1. The van der Waals surface area contributed by atoms with E-state index in [4.69, 9.17) is 18.4 Å². The molecule has 1 amide bonds. The predicted octanol–water partition coefficient (Wildman–Crippen LogP) is 2.81. The van der Waals surface area contributed by atoms with E-state index in [1.165, 1.54) is 26.3 Å². The minimum atomic E-state index is -1.28. The van der Waals surface area contributed by atoms with Crippen LogP contribution in [0.4, 0.5) is 4.79 Å². The van der Waals surface area contributed by atoms with Gasteiger partial charge in [-0.05, 0) is 50.5 Å². The standard InChI is InChI=1S/C18H27NO7S/c1-18(2,3)26-17(22)19-15(16(21)23-4)12-6-8-13(9-7-12)25-14(20)10-11-27-24-5/h6-9,15-16,21H,10-11H2,1-5H3,(H,19,22). The van der Waals surface area contributed by atoms with Crippen LogP contribution >= 0.6 is 12.0 Å². The van der Waals surface area contributed by atoms with Crippen molar-refractivity contribution in [3.63, 3.8) is 0 Å². The lowest BCUT2D eigenvalue weighted by molar-refractivity contribution is -0.133. The lowest BCUT2D eigenvalue weighted by Gasteiger charge is -2.26. The molecule has 1 aromatic carbocycles. The van der Waals surface area contributed by atoms with E-state index in [0.29, 0.717) is 17.1 Å². The molecule has 1 rings (SSSR count). The highest BCUT2D eigenvalue weighted by Gasteiger charge is 2.26. The maximum Gasteiger partial charge on any atom is 0.408 e. The lowest BCUT2D eigenvalue weighted by atomic mass is 10.1. The molecule has 1 aromatic rings. The number of benzene rings is 1. The zero-order valence-corrected chi connectivity index (χ0v) is 17.0. The van der Waals surface area contributed by atoms with E-state index >= 15 is 0 Å². The molecule has 0 spiro atoms. The van der Waals surface area contributed by atoms with Crippen molar-refractivity contribution in [2.24, 2.45) is 0 Å². The monoisotopic (exact) mass is 401 g/mol. The third-order valence-corrected chi connectivity index (χ3v) is 3.78. The number of nitrogens with one attached hydrogen (secondary N) is 1. The third kappa shape index (κ3) is 9.09. The highest BCUT2D eigenvalue weighted by atomic mass is 32.2. The molecular formula is C18H27NO7S. The van der Waals surface area contributed by atoms with Crippen LogP contribution in [0.1, 0.15) is 38.8 Å². The van der Waals surface area contributed by atoms with Crippen LogP contribution in [0.2, 0.25) is 0 Å². The third-order valence-electron chi connectivity index (χ3n) is 3.18. The molecule has 152 valence electrons. The summed E-state index contributed by atoms with van der Waals surface area (Å²) < 4.78 is 20.2. The van der Waals surface area contributed by atoms with Crippen molar-refractivity contribution in [3.8, 4) is 5.75 Å². The second-order valence-electron chi connectivity index (χ2n) is 6.53. The maximum absolute atomic E-state index is 12.0. The van der Waals surface area contributed by atoms with Gasteiger partial charge in [0, 0.05) is 12.9 Å². The normalized spacial score (nSPS) is 13.6. The summed E-state index contributed by atoms with van der Waals surface area (Å²) in [6.45, 7) is 5.22. The summed E-state index contributed by atoms with van der Waals surface area (Å²) in [5.41, 5.74) is -0.115. The summed E-state index contributed by atoms with van der Waals surface area (Å²) in [6, 6.07) is 5.53. The van der Waals surface area contributed by atoms with Crippen molar-refractivity contribution < 1.29 is 33.1 Å². The molecule has 0 radical (unpaired) electrons. The van der Waals surface area contributed by atoms with Gasteiger partial charge >= 0.3 is 12.1 Å². The molecule has 0 fully saturated rings. The van der Waals surface area contributed by atoms with E-state index in [0.717, 1.165) is 0 Å². The Bertz CT molecular complexity index is 601. The first kappa shape index (κ1) is 23.2. The number of carbonyl (C=O) groups is 2. The number of rotatable bonds is 9. The summed E-state index contributed by atoms with van der Waals surface area (Å²) in [5.74, 6) is 0.469. The molecule has 0 aromatic heterocycles. The fraction of sp³-hybridized carbons (Fsp3) is 0.556. The van der Waals surface area contributed by atoms with Crippen LogP contribution < -0.4 is 10.1 Å². The predicted molar refractivity (Wildman–Crippen MR) is 101 cm³/mol. The van der Waals surface area contributed by atoms with Crippen molar-refractivity contribution in [1.29, 1.82) is 0 Å². The number of carbonyl (C=O) groups excluding carboxylic acids is 2. The minimum Gasteiger partial charge on any atom is -0.444 e. The number of aliphatic hydroxyl groups is 1. The van der Waals surface area contributed by atoms with Crippen molar-refractivity contribution in [2.45, 2.75) is 45.1 Å². The Balaban J connectivity index is 2.77. The average molecular weight is 401 g/mol. The first-order valence-corrected chi connectivity index (χ1v) is 9.24. The van der Waals surface area contributed by atoms with Gasteiger partial charge in [-0.15, -0.1) is 0 Å². The van der Waals surface area contributed by atoms with Crippen LogP contribution in [0, 0.1) is 0 Å². The number of hydrogen-bond donors (Lipinski definition) is 2. The maximum atomic E-state index is 12.0. The highest BCUT2D eigenvalue weighted by molar-refractivity contribution is 7.94. The molecular weight excluding hydrogens is 374 g/mol. The van der Waals surface area contributed by atoms with Crippen LogP contribution in [-0.2, 0) is 18.5 Å². The lowest BCUT2D eigenvalue weighted by Crippen LogP contribution is -2.40. The minimum absolute atomic E-state index is 0.214. The van der Waals surface area contributed by atoms with Crippen LogP contribution in [0.15, 0.2) is 24.3 Å². The van der Waals surface area contributed by atoms with E-state index in [2.05, 4.69) is 5.32 Å². The summed E-state index contributed by atoms with van der Waals surface area (Å²) in [6.07, 6.45) is -1.75. The zero-order chi connectivity index (χ0) is 20.4. The van der Waals surface area contributed by atoms with Crippen molar-refractivity contribution in [2.75, 3.05) is 20.0 Å². The van der Waals surface area contributed by atoms with Gasteiger partial charge in [0.1, 0.15) is 17.4 Å². The van der Waals surface area contributed by atoms with Crippen LogP contribution in [0.25, 0.3) is 0 Å². The van der Waals surface area contributed by atoms with Gasteiger partial charge in [0.2, 0.25) is 0 Å². The smallest absolute Gasteiger partial charge is 0.408 e. The molecule has 2 unspecified atom stereocenters. The van der Waals surface area contributed by atoms with Gasteiger partial charge in [-0.25, -0.2) is 4.79 Å². The Morgan fingerprint density at radius 2 is 1.81 bits per heavy atom. The largest absolute Gasteiger partial charge is 0.444 e. The average Bonchev–Trinajstić information content (AvgIpc) is 2.58. The first-order chi connectivity index (χ1) is 12.7. The second kappa shape index (κ2) is 11.1. The molecule has 2 atom stereocenters. The fourth-order valence-corrected chi connectivity index (χ4v) is 2.44. The van der Waals surface area contributed by atoms with Gasteiger partial charge in [-0.1, -0.05) is 12.1 Å². The number of ether oxygens (including phenoxy) is 3. The Hall–Kier alpha value is -1.81. The van der Waals surface area contributed by atoms with Gasteiger partial charge in [0.25, 0.3) is 0 Å². The molecule has 0 aliphatic heterocycles. The molecule has 0 aliphatic carbocycles. The quantitative estimate of drug-likeness (QED) is 0.214. The Kier molecular flexibility index (Phi) is 9.57. The van der Waals surface area contributed by atoms with Crippen LogP contribution in [-0.4, -0.2) is 49.0 Å². The molecule has 2 N–H and O–H groups in total. The van der Waals surface area contributed by atoms with E-state index in [9.17, 15) is 14.7 Å².